The summed E-state index contributed by atoms with van der Waals surface area (Å²) >= 11 is 1.47. The van der Waals surface area contributed by atoms with E-state index in [1.807, 2.05) is 6.26 Å². The molecule has 5 unspecified atom stereocenters. The zero-order chi connectivity index (χ0) is 28.0. The van der Waals surface area contributed by atoms with E-state index < -0.39 is 60.5 Å². The third kappa shape index (κ3) is 6.76. The quantitative estimate of drug-likeness (QED) is 0.223. The second kappa shape index (κ2) is 12.5. The topological polar surface area (TPSA) is 180 Å². The Balaban J connectivity index is 1.75. The highest BCUT2D eigenvalue weighted by Gasteiger charge is 2.49. The summed E-state index contributed by atoms with van der Waals surface area (Å²) < 4.78 is 10.4. The molecule has 206 valence electrons. The minimum absolute atomic E-state index is 0.0539. The van der Waals surface area contributed by atoms with Crippen molar-refractivity contribution < 1.29 is 39.2 Å². The Morgan fingerprint density at radius 2 is 1.79 bits per heavy atom. The van der Waals surface area contributed by atoms with E-state index in [1.54, 1.807) is 42.5 Å². The molecule has 3 rings (SSSR count). The number of aliphatic hydroxyl groups excluding tert-OH is 2. The molecule has 0 heterocycles. The smallest absolute Gasteiger partial charge is 0.255 e. The molecule has 1 aliphatic carbocycles. The first-order valence-corrected chi connectivity index (χ1v) is 13.1. The lowest BCUT2D eigenvalue weighted by atomic mass is 9.77. The molecule has 1 aliphatic rings. The highest BCUT2D eigenvalue weighted by Crippen LogP contribution is 2.31. The molecule has 1 fully saturated rings. The van der Waals surface area contributed by atoms with Gasteiger partial charge in [0.1, 0.15) is 29.2 Å². The standard InChI is InChI=1S/C26H33N3O8S/c1-36-15-6-4-14(5-7-15)10-18(23(27)32)29-25(34)26(35)12-19(22(31)20(30)13-26)28-24(33)17-9-8-16(38-3)11-21(17)37-2/h4-9,11,18-20,22,30-31,35H,10,12-13H2,1-3H3,(H2,27,32)(H,28,33)(H,29,34). The largest absolute Gasteiger partial charge is 0.497 e. The summed E-state index contributed by atoms with van der Waals surface area (Å²) in [5, 5.41) is 37.2. The van der Waals surface area contributed by atoms with E-state index >= 15 is 0 Å². The van der Waals surface area contributed by atoms with Gasteiger partial charge < -0.3 is 41.2 Å². The average molecular weight is 548 g/mol. The number of benzene rings is 2. The maximum absolute atomic E-state index is 13.1. The van der Waals surface area contributed by atoms with Gasteiger partial charge in [-0.3, -0.25) is 14.4 Å². The lowest BCUT2D eigenvalue weighted by Gasteiger charge is -2.41. The van der Waals surface area contributed by atoms with Crippen LogP contribution in [0.25, 0.3) is 0 Å². The van der Waals surface area contributed by atoms with Crippen molar-refractivity contribution in [3.05, 3.63) is 53.6 Å². The summed E-state index contributed by atoms with van der Waals surface area (Å²) in [6.45, 7) is 0. The predicted octanol–water partition coefficient (Wildman–Crippen LogP) is -0.0164. The number of amides is 3. The van der Waals surface area contributed by atoms with Crippen molar-refractivity contribution in [1.29, 1.82) is 0 Å². The molecule has 0 spiro atoms. The molecule has 0 aliphatic heterocycles. The van der Waals surface area contributed by atoms with E-state index in [4.69, 9.17) is 15.2 Å². The van der Waals surface area contributed by atoms with E-state index in [1.165, 1.54) is 26.0 Å². The maximum atomic E-state index is 13.1. The number of nitrogens with two attached hydrogens (primary N) is 1. The zero-order valence-electron chi connectivity index (χ0n) is 21.3. The molecule has 0 aromatic heterocycles. The first-order valence-electron chi connectivity index (χ1n) is 11.9. The van der Waals surface area contributed by atoms with Gasteiger partial charge in [0.15, 0.2) is 0 Å². The van der Waals surface area contributed by atoms with Gasteiger partial charge in [0.05, 0.1) is 31.9 Å². The van der Waals surface area contributed by atoms with Crippen molar-refractivity contribution in [3.8, 4) is 11.5 Å². The minimum atomic E-state index is -2.20. The van der Waals surface area contributed by atoms with Crippen molar-refractivity contribution in [2.45, 2.75) is 54.1 Å². The van der Waals surface area contributed by atoms with Crippen LogP contribution in [0.1, 0.15) is 28.8 Å². The fraction of sp³-hybridized carbons (Fsp3) is 0.423. The normalized spacial score (nSPS) is 23.7. The van der Waals surface area contributed by atoms with Gasteiger partial charge >= 0.3 is 0 Å². The van der Waals surface area contributed by atoms with Crippen LogP contribution in [0.2, 0.25) is 0 Å². The van der Waals surface area contributed by atoms with E-state index in [0.717, 1.165) is 4.90 Å². The van der Waals surface area contributed by atoms with Gasteiger partial charge in [0, 0.05) is 24.2 Å². The Hall–Kier alpha value is -3.32. The first kappa shape index (κ1) is 29.2. The van der Waals surface area contributed by atoms with Crippen molar-refractivity contribution in [1.82, 2.24) is 10.6 Å². The number of aliphatic hydroxyl groups is 3. The molecule has 11 nitrogen and oxygen atoms in total. The molecule has 2 aromatic carbocycles. The summed E-state index contributed by atoms with van der Waals surface area (Å²) in [5.74, 6) is -1.48. The number of hydrogen-bond acceptors (Lipinski definition) is 9. The molecule has 12 heteroatoms. The van der Waals surface area contributed by atoms with Gasteiger partial charge in [0.2, 0.25) is 5.91 Å². The molecule has 38 heavy (non-hydrogen) atoms. The Morgan fingerprint density at radius 3 is 2.37 bits per heavy atom. The minimum Gasteiger partial charge on any atom is -0.497 e. The van der Waals surface area contributed by atoms with Crippen molar-refractivity contribution >= 4 is 29.5 Å². The highest BCUT2D eigenvalue weighted by atomic mass is 32.2. The van der Waals surface area contributed by atoms with Crippen LogP contribution < -0.4 is 25.8 Å². The third-order valence-corrected chi connectivity index (χ3v) is 7.28. The van der Waals surface area contributed by atoms with Gasteiger partial charge in [-0.15, -0.1) is 11.8 Å². The summed E-state index contributed by atoms with van der Waals surface area (Å²) in [6, 6.07) is 9.44. The van der Waals surface area contributed by atoms with Gasteiger partial charge in [-0.05, 0) is 42.2 Å². The Morgan fingerprint density at radius 1 is 1.11 bits per heavy atom. The molecular formula is C26H33N3O8S. The number of nitrogens with one attached hydrogen (secondary N) is 2. The Labute approximate surface area is 224 Å². The number of carbonyl (C=O) groups excluding carboxylic acids is 3. The molecule has 7 N–H and O–H groups in total. The number of methoxy groups -OCH3 is 2. The van der Waals surface area contributed by atoms with E-state index in [9.17, 15) is 29.7 Å². The van der Waals surface area contributed by atoms with Gasteiger partial charge in [-0.25, -0.2) is 0 Å². The van der Waals surface area contributed by atoms with E-state index in [2.05, 4.69) is 10.6 Å². The van der Waals surface area contributed by atoms with Crippen LogP contribution in [0.5, 0.6) is 11.5 Å². The van der Waals surface area contributed by atoms with Crippen LogP contribution >= 0.6 is 11.8 Å². The van der Waals surface area contributed by atoms with Gasteiger partial charge in [0.25, 0.3) is 11.8 Å². The van der Waals surface area contributed by atoms with Gasteiger partial charge in [-0.2, -0.15) is 0 Å². The summed E-state index contributed by atoms with van der Waals surface area (Å²) in [5.41, 5.74) is 4.17. The van der Waals surface area contributed by atoms with Crippen LogP contribution in [0.15, 0.2) is 47.4 Å². The first-order chi connectivity index (χ1) is 18.0. The number of ether oxygens (including phenoxy) is 2. The molecular weight excluding hydrogens is 514 g/mol. The lowest BCUT2D eigenvalue weighted by Crippen LogP contribution is -2.64. The summed E-state index contributed by atoms with van der Waals surface area (Å²) in [4.78, 5) is 39.1. The second-order valence-electron chi connectivity index (χ2n) is 9.12. The van der Waals surface area contributed by atoms with Gasteiger partial charge in [-0.1, -0.05) is 12.1 Å². The third-order valence-electron chi connectivity index (χ3n) is 6.55. The number of hydrogen-bond donors (Lipinski definition) is 6. The van der Waals surface area contributed by atoms with Crippen LogP contribution in [-0.4, -0.2) is 83.4 Å². The SMILES string of the molecule is COc1ccc(CC(NC(=O)C2(O)CC(O)C(O)C(NC(=O)c3ccc(SC)cc3OC)C2)C(N)=O)cc1. The number of carbonyl (C=O) groups is 3. The zero-order valence-corrected chi connectivity index (χ0v) is 22.2. The molecule has 3 amide bonds. The van der Waals surface area contributed by atoms with Crippen molar-refractivity contribution in [3.63, 3.8) is 0 Å². The van der Waals surface area contributed by atoms with E-state index in [-0.39, 0.29) is 12.0 Å². The highest BCUT2D eigenvalue weighted by molar-refractivity contribution is 7.98. The predicted molar refractivity (Wildman–Crippen MR) is 140 cm³/mol. The Kier molecular flexibility index (Phi) is 9.60. The molecule has 2 aromatic rings. The fourth-order valence-electron chi connectivity index (χ4n) is 4.37. The lowest BCUT2D eigenvalue weighted by molar-refractivity contribution is -0.159. The number of rotatable bonds is 10. The van der Waals surface area contributed by atoms with Crippen molar-refractivity contribution in [2.24, 2.45) is 5.73 Å². The van der Waals surface area contributed by atoms with Crippen LogP contribution in [-0.2, 0) is 16.0 Å². The molecule has 0 bridgehead atoms. The van der Waals surface area contributed by atoms with E-state index in [0.29, 0.717) is 17.1 Å². The summed E-state index contributed by atoms with van der Waals surface area (Å²) in [7, 11) is 2.94. The molecule has 1 saturated carbocycles. The van der Waals surface area contributed by atoms with Crippen LogP contribution in [0.3, 0.4) is 0 Å². The second-order valence-corrected chi connectivity index (χ2v) is 10.0. The molecule has 5 atom stereocenters. The number of primary amides is 1. The summed E-state index contributed by atoms with van der Waals surface area (Å²) in [6.07, 6.45) is -1.97. The van der Waals surface area contributed by atoms with Crippen LogP contribution in [0.4, 0.5) is 0 Å². The monoisotopic (exact) mass is 547 g/mol. The average Bonchev–Trinajstić information content (AvgIpc) is 2.90. The maximum Gasteiger partial charge on any atom is 0.255 e. The Bertz CT molecular complexity index is 1160. The molecule has 0 radical (unpaired) electrons. The number of thioether (sulfide) groups is 1. The fourth-order valence-corrected chi connectivity index (χ4v) is 4.80. The molecule has 0 saturated heterocycles. The van der Waals surface area contributed by atoms with Crippen LogP contribution in [0, 0.1) is 0 Å². The van der Waals surface area contributed by atoms with Crippen molar-refractivity contribution in [2.75, 3.05) is 20.5 Å².